The van der Waals surface area contributed by atoms with E-state index in [0.717, 1.165) is 43.6 Å². The molecule has 0 saturated carbocycles. The van der Waals surface area contributed by atoms with Crippen LogP contribution in [0.15, 0.2) is 72.8 Å². The maximum Gasteiger partial charge on any atom is 0.123 e. The lowest BCUT2D eigenvalue weighted by molar-refractivity contribution is 0.290. The third-order valence-electron chi connectivity index (χ3n) is 5.10. The molecule has 3 rings (SSSR count). The first-order valence-corrected chi connectivity index (χ1v) is 9.83. The van der Waals surface area contributed by atoms with E-state index in [2.05, 4.69) is 79.4 Å². The average molecular weight is 360 g/mol. The summed E-state index contributed by atoms with van der Waals surface area (Å²) in [6, 6.07) is 25.2. The van der Waals surface area contributed by atoms with Crippen molar-refractivity contribution < 1.29 is 5.11 Å². The van der Waals surface area contributed by atoms with Crippen molar-refractivity contribution in [2.75, 3.05) is 13.1 Å². The minimum Gasteiger partial charge on any atom is -0.507 e. The van der Waals surface area contributed by atoms with Crippen molar-refractivity contribution in [1.82, 2.24) is 4.90 Å². The maximum absolute atomic E-state index is 11.0. The Morgan fingerprint density at radius 2 is 1.19 bits per heavy atom. The Morgan fingerprint density at radius 1 is 0.667 bits per heavy atom. The van der Waals surface area contributed by atoms with Crippen molar-refractivity contribution in [2.24, 2.45) is 0 Å². The number of phenolic OH excluding ortho intramolecular Hbond substituents is 1. The van der Waals surface area contributed by atoms with Gasteiger partial charge in [0.1, 0.15) is 5.75 Å². The lowest BCUT2D eigenvalue weighted by atomic mass is 9.95. The highest BCUT2D eigenvalue weighted by molar-refractivity contribution is 5.47. The predicted octanol–water partition coefficient (Wildman–Crippen LogP) is 5.42. The molecule has 0 spiro atoms. The topological polar surface area (TPSA) is 23.5 Å². The number of phenols is 1. The molecule has 0 heterocycles. The van der Waals surface area contributed by atoms with E-state index in [0.29, 0.717) is 5.75 Å². The van der Waals surface area contributed by atoms with Crippen LogP contribution >= 0.6 is 0 Å². The summed E-state index contributed by atoms with van der Waals surface area (Å²) in [4.78, 5) is 2.34. The number of benzene rings is 3. The van der Waals surface area contributed by atoms with Crippen LogP contribution < -0.4 is 0 Å². The molecule has 0 bridgehead atoms. The minimum absolute atomic E-state index is 0.447. The zero-order chi connectivity index (χ0) is 19.1. The molecule has 2 heteroatoms. The van der Waals surface area contributed by atoms with Gasteiger partial charge in [0.05, 0.1) is 0 Å². The smallest absolute Gasteiger partial charge is 0.123 e. The highest BCUT2D eigenvalue weighted by Crippen LogP contribution is 2.29. The van der Waals surface area contributed by atoms with Crippen LogP contribution in [0.25, 0.3) is 0 Å². The Bertz CT molecular complexity index is 839. The Kier molecular flexibility index (Phi) is 6.67. The van der Waals surface area contributed by atoms with Gasteiger partial charge in [-0.1, -0.05) is 86.6 Å². The fourth-order valence-corrected chi connectivity index (χ4v) is 3.52. The van der Waals surface area contributed by atoms with Gasteiger partial charge in [0.25, 0.3) is 0 Å². The lowest BCUT2D eigenvalue weighted by Crippen LogP contribution is -2.22. The third kappa shape index (κ3) is 5.21. The average Bonchev–Trinajstić information content (AvgIpc) is 2.71. The number of nitrogens with zero attached hydrogens (tertiary/aromatic N) is 1. The SMILES string of the molecule is CCN(CC)Cc1cc(Cc2ccccc2)cc(Cc2ccccc2)c1O. The normalized spacial score (nSPS) is 11.1. The molecule has 0 aromatic heterocycles. The molecule has 0 aliphatic heterocycles. The number of hydrogen-bond acceptors (Lipinski definition) is 2. The minimum atomic E-state index is 0.447. The van der Waals surface area contributed by atoms with Crippen molar-refractivity contribution in [3.8, 4) is 5.75 Å². The van der Waals surface area contributed by atoms with Gasteiger partial charge in [0.2, 0.25) is 0 Å². The third-order valence-corrected chi connectivity index (χ3v) is 5.10. The molecule has 0 saturated heterocycles. The van der Waals surface area contributed by atoms with Crippen molar-refractivity contribution in [3.05, 3.63) is 101 Å². The van der Waals surface area contributed by atoms with Crippen LogP contribution in [0.5, 0.6) is 5.75 Å². The second-order valence-corrected chi connectivity index (χ2v) is 7.05. The number of aromatic hydroxyl groups is 1. The molecule has 2 nitrogen and oxygen atoms in total. The molecular weight excluding hydrogens is 330 g/mol. The van der Waals surface area contributed by atoms with E-state index in [4.69, 9.17) is 0 Å². The van der Waals surface area contributed by atoms with Gasteiger partial charge in [-0.25, -0.2) is 0 Å². The fraction of sp³-hybridized carbons (Fsp3) is 0.280. The first kappa shape index (κ1) is 19.2. The van der Waals surface area contributed by atoms with Gasteiger partial charge in [-0.05, 0) is 41.8 Å². The summed E-state index contributed by atoms with van der Waals surface area (Å²) in [5.41, 5.74) is 5.81. The lowest BCUT2D eigenvalue weighted by Gasteiger charge is -2.21. The highest BCUT2D eigenvalue weighted by Gasteiger charge is 2.13. The summed E-state index contributed by atoms with van der Waals surface area (Å²) in [6.07, 6.45) is 1.63. The van der Waals surface area contributed by atoms with Gasteiger partial charge in [-0.2, -0.15) is 0 Å². The molecule has 3 aromatic carbocycles. The number of rotatable bonds is 8. The Hall–Kier alpha value is -2.58. The van der Waals surface area contributed by atoms with Crippen molar-refractivity contribution in [2.45, 2.75) is 33.2 Å². The molecule has 0 aliphatic rings. The van der Waals surface area contributed by atoms with E-state index in [-0.39, 0.29) is 0 Å². The molecule has 0 aliphatic carbocycles. The Labute approximate surface area is 163 Å². The molecule has 140 valence electrons. The summed E-state index contributed by atoms with van der Waals surface area (Å²) >= 11 is 0. The highest BCUT2D eigenvalue weighted by atomic mass is 16.3. The van der Waals surface area contributed by atoms with E-state index < -0.39 is 0 Å². The van der Waals surface area contributed by atoms with Crippen LogP contribution in [0.1, 0.15) is 41.7 Å². The van der Waals surface area contributed by atoms with E-state index in [1.165, 1.54) is 16.7 Å². The molecule has 0 radical (unpaired) electrons. The first-order valence-electron chi connectivity index (χ1n) is 9.83. The zero-order valence-corrected chi connectivity index (χ0v) is 16.4. The summed E-state index contributed by atoms with van der Waals surface area (Å²) in [5.74, 6) is 0.447. The quantitative estimate of drug-likeness (QED) is 0.581. The van der Waals surface area contributed by atoms with E-state index in [9.17, 15) is 5.11 Å². The van der Waals surface area contributed by atoms with E-state index in [1.54, 1.807) is 0 Å². The first-order chi connectivity index (χ1) is 13.2. The fourth-order valence-electron chi connectivity index (χ4n) is 3.52. The molecule has 0 atom stereocenters. The summed E-state index contributed by atoms with van der Waals surface area (Å²) in [6.45, 7) is 7.07. The summed E-state index contributed by atoms with van der Waals surface area (Å²) in [7, 11) is 0. The van der Waals surface area contributed by atoms with Gasteiger partial charge in [0, 0.05) is 18.5 Å². The number of hydrogen-bond donors (Lipinski definition) is 1. The maximum atomic E-state index is 11.0. The van der Waals surface area contributed by atoms with Crippen molar-refractivity contribution >= 4 is 0 Å². The van der Waals surface area contributed by atoms with Crippen LogP contribution in [0.3, 0.4) is 0 Å². The van der Waals surface area contributed by atoms with Crippen molar-refractivity contribution in [3.63, 3.8) is 0 Å². The second-order valence-electron chi connectivity index (χ2n) is 7.05. The van der Waals surface area contributed by atoms with Gasteiger partial charge in [-0.3, -0.25) is 4.90 Å². The van der Waals surface area contributed by atoms with E-state index >= 15 is 0 Å². The van der Waals surface area contributed by atoms with Gasteiger partial charge in [-0.15, -0.1) is 0 Å². The standard InChI is InChI=1S/C25H29NO/c1-3-26(4-2)19-24-18-22(15-20-11-7-5-8-12-20)17-23(25(24)27)16-21-13-9-6-10-14-21/h5-14,17-18,27H,3-4,15-16,19H2,1-2H3. The van der Waals surface area contributed by atoms with Gasteiger partial charge < -0.3 is 5.11 Å². The molecule has 0 unspecified atom stereocenters. The van der Waals surface area contributed by atoms with Gasteiger partial charge in [0.15, 0.2) is 0 Å². The van der Waals surface area contributed by atoms with Crippen LogP contribution in [0.4, 0.5) is 0 Å². The molecular formula is C25H29NO. The Balaban J connectivity index is 1.95. The molecule has 27 heavy (non-hydrogen) atoms. The monoisotopic (exact) mass is 359 g/mol. The summed E-state index contributed by atoms with van der Waals surface area (Å²) in [5, 5.41) is 11.0. The van der Waals surface area contributed by atoms with Crippen molar-refractivity contribution in [1.29, 1.82) is 0 Å². The van der Waals surface area contributed by atoms with Gasteiger partial charge >= 0.3 is 0 Å². The Morgan fingerprint density at radius 3 is 1.74 bits per heavy atom. The van der Waals surface area contributed by atoms with Crippen LogP contribution in [-0.2, 0) is 19.4 Å². The molecule has 3 aromatic rings. The van der Waals surface area contributed by atoms with Crippen LogP contribution in [0.2, 0.25) is 0 Å². The predicted molar refractivity (Wildman–Crippen MR) is 113 cm³/mol. The molecule has 0 amide bonds. The van der Waals surface area contributed by atoms with E-state index in [1.807, 2.05) is 12.1 Å². The molecule has 0 fully saturated rings. The van der Waals surface area contributed by atoms with Crippen LogP contribution in [-0.4, -0.2) is 23.1 Å². The second kappa shape index (κ2) is 9.38. The zero-order valence-electron chi connectivity index (χ0n) is 16.4. The largest absolute Gasteiger partial charge is 0.507 e. The van der Waals surface area contributed by atoms with Crippen LogP contribution in [0, 0.1) is 0 Å². The molecule has 1 N–H and O–H groups in total. The summed E-state index contributed by atoms with van der Waals surface area (Å²) < 4.78 is 0.